The van der Waals surface area contributed by atoms with Crippen molar-refractivity contribution in [3.05, 3.63) is 23.9 Å². The molecule has 0 aromatic heterocycles. The van der Waals surface area contributed by atoms with Crippen LogP contribution < -0.4 is 5.32 Å². The van der Waals surface area contributed by atoms with Gasteiger partial charge in [0.2, 0.25) is 0 Å². The van der Waals surface area contributed by atoms with Gasteiger partial charge in [0, 0.05) is 5.70 Å². The zero-order valence-corrected chi connectivity index (χ0v) is 12.9. The third-order valence-electron chi connectivity index (χ3n) is 4.46. The van der Waals surface area contributed by atoms with Crippen molar-refractivity contribution in [1.29, 1.82) is 0 Å². The van der Waals surface area contributed by atoms with Crippen LogP contribution in [0.5, 0.6) is 0 Å². The van der Waals surface area contributed by atoms with E-state index in [-0.39, 0.29) is 12.2 Å². The fourth-order valence-electron chi connectivity index (χ4n) is 3.24. The van der Waals surface area contributed by atoms with E-state index in [0.29, 0.717) is 17.8 Å². The van der Waals surface area contributed by atoms with Gasteiger partial charge in [-0.3, -0.25) is 5.32 Å². The first-order valence-electron chi connectivity index (χ1n) is 7.90. The summed E-state index contributed by atoms with van der Waals surface area (Å²) in [5.41, 5.74) is 0.867. The Morgan fingerprint density at radius 1 is 1.35 bits per heavy atom. The van der Waals surface area contributed by atoms with Crippen molar-refractivity contribution in [1.82, 2.24) is 5.32 Å². The van der Waals surface area contributed by atoms with Gasteiger partial charge < -0.3 is 4.74 Å². The minimum atomic E-state index is -0.299. The van der Waals surface area contributed by atoms with Crippen LogP contribution in [-0.4, -0.2) is 12.2 Å². The molecule has 2 rings (SSSR count). The lowest BCUT2D eigenvalue weighted by molar-refractivity contribution is 0.00738. The molecule has 0 bridgehead atoms. The zero-order valence-electron chi connectivity index (χ0n) is 12.9. The summed E-state index contributed by atoms with van der Waals surface area (Å²) in [5.74, 6) is 1.71. The predicted octanol–water partition coefficient (Wildman–Crippen LogP) is 4.41. The van der Waals surface area contributed by atoms with Crippen molar-refractivity contribution in [3.8, 4) is 0 Å². The molecule has 1 N–H and O–H groups in total. The summed E-state index contributed by atoms with van der Waals surface area (Å²) in [6.45, 7) is 6.69. The van der Waals surface area contributed by atoms with Gasteiger partial charge in [0.1, 0.15) is 6.10 Å². The highest BCUT2D eigenvalue weighted by Gasteiger charge is 2.33. The van der Waals surface area contributed by atoms with Crippen molar-refractivity contribution >= 4 is 6.09 Å². The molecule has 1 fully saturated rings. The fourth-order valence-corrected chi connectivity index (χ4v) is 3.24. The van der Waals surface area contributed by atoms with Crippen LogP contribution in [0.4, 0.5) is 4.79 Å². The number of alkyl carbamates (subject to hydrolysis) is 1. The number of carbonyl (C=O) groups excluding carboxylic acids is 1. The largest absolute Gasteiger partial charge is 0.446 e. The van der Waals surface area contributed by atoms with E-state index >= 15 is 0 Å². The van der Waals surface area contributed by atoms with Gasteiger partial charge in [-0.25, -0.2) is 4.79 Å². The lowest BCUT2D eigenvalue weighted by Gasteiger charge is -2.36. The molecule has 1 saturated carbocycles. The van der Waals surface area contributed by atoms with Crippen molar-refractivity contribution in [2.75, 3.05) is 0 Å². The van der Waals surface area contributed by atoms with Crippen LogP contribution in [0, 0.1) is 17.8 Å². The summed E-state index contributed by atoms with van der Waals surface area (Å²) in [5, 5.41) is 2.85. The van der Waals surface area contributed by atoms with Gasteiger partial charge in [0.25, 0.3) is 0 Å². The van der Waals surface area contributed by atoms with Gasteiger partial charge in [-0.1, -0.05) is 39.3 Å². The van der Waals surface area contributed by atoms with Crippen molar-refractivity contribution in [2.24, 2.45) is 17.8 Å². The number of nitrogens with one attached hydrogen (secondary N) is 1. The van der Waals surface area contributed by atoms with E-state index in [1.165, 1.54) is 12.8 Å². The first kappa shape index (κ1) is 15.1. The van der Waals surface area contributed by atoms with E-state index in [9.17, 15) is 4.79 Å². The molecule has 0 aromatic carbocycles. The maximum Gasteiger partial charge on any atom is 0.411 e. The molecule has 3 heteroatoms. The Hall–Kier alpha value is -1.25. The first-order chi connectivity index (χ1) is 9.56. The minimum Gasteiger partial charge on any atom is -0.446 e. The topological polar surface area (TPSA) is 38.3 Å². The highest BCUT2D eigenvalue weighted by molar-refractivity contribution is 5.70. The summed E-state index contributed by atoms with van der Waals surface area (Å²) in [7, 11) is 0. The number of carbonyl (C=O) groups is 1. The molecule has 20 heavy (non-hydrogen) atoms. The fraction of sp³-hybridized carbons (Fsp3) is 0.706. The number of allylic oxidation sites excluding steroid dienone is 3. The van der Waals surface area contributed by atoms with Crippen molar-refractivity contribution < 1.29 is 9.53 Å². The second-order valence-electron chi connectivity index (χ2n) is 6.53. The molecule has 0 saturated heterocycles. The Bertz CT molecular complexity index is 398. The molecule has 0 aromatic rings. The van der Waals surface area contributed by atoms with Crippen molar-refractivity contribution in [2.45, 2.75) is 59.0 Å². The van der Waals surface area contributed by atoms with Crippen LogP contribution in [0.15, 0.2) is 23.9 Å². The number of ether oxygens (including phenoxy) is 1. The molecular weight excluding hydrogens is 250 g/mol. The Kier molecular flexibility index (Phi) is 5.27. The molecule has 0 unspecified atom stereocenters. The molecule has 0 spiro atoms. The Labute approximate surface area is 122 Å². The van der Waals surface area contributed by atoms with Gasteiger partial charge in [-0.15, -0.1) is 0 Å². The van der Waals surface area contributed by atoms with E-state index < -0.39 is 0 Å². The Morgan fingerprint density at radius 3 is 2.80 bits per heavy atom. The second-order valence-corrected chi connectivity index (χ2v) is 6.53. The van der Waals surface area contributed by atoms with Crippen LogP contribution in [0.1, 0.15) is 52.9 Å². The van der Waals surface area contributed by atoms with Crippen LogP contribution >= 0.6 is 0 Å². The van der Waals surface area contributed by atoms with E-state index in [1.807, 2.05) is 12.2 Å². The Morgan fingerprint density at radius 2 is 2.15 bits per heavy atom. The highest BCUT2D eigenvalue weighted by Crippen LogP contribution is 2.35. The minimum absolute atomic E-state index is 0.0620. The maximum atomic E-state index is 12.0. The first-order valence-corrected chi connectivity index (χ1v) is 7.90. The van der Waals surface area contributed by atoms with Crippen LogP contribution in [0.2, 0.25) is 0 Å². The normalized spacial score (nSPS) is 30.0. The lowest BCUT2D eigenvalue weighted by Crippen LogP contribution is -2.38. The van der Waals surface area contributed by atoms with Crippen LogP contribution in [0.3, 0.4) is 0 Å². The quantitative estimate of drug-likeness (QED) is 0.830. The SMILES string of the molecule is CC(C)[C@@H]1CC[C@@H](C)C[C@H]1OC(=O)NC1=CCCC=C1. The zero-order chi connectivity index (χ0) is 14.5. The van der Waals surface area contributed by atoms with E-state index in [4.69, 9.17) is 4.74 Å². The summed E-state index contributed by atoms with van der Waals surface area (Å²) in [6, 6.07) is 0. The molecule has 2 aliphatic rings. The molecule has 3 nitrogen and oxygen atoms in total. The molecule has 1 amide bonds. The van der Waals surface area contributed by atoms with Crippen LogP contribution in [0.25, 0.3) is 0 Å². The summed E-state index contributed by atoms with van der Waals surface area (Å²) in [4.78, 5) is 12.0. The Balaban J connectivity index is 1.90. The van der Waals surface area contributed by atoms with E-state index in [2.05, 4.69) is 32.2 Å². The monoisotopic (exact) mass is 277 g/mol. The van der Waals surface area contributed by atoms with Gasteiger partial charge >= 0.3 is 6.09 Å². The number of rotatable bonds is 3. The number of amides is 1. The highest BCUT2D eigenvalue weighted by atomic mass is 16.6. The number of hydrogen-bond donors (Lipinski definition) is 1. The van der Waals surface area contributed by atoms with Gasteiger partial charge in [0.05, 0.1) is 0 Å². The molecule has 112 valence electrons. The standard InChI is InChI=1S/C17H27NO2/c1-12(2)15-10-9-13(3)11-16(15)20-17(19)18-14-7-5-4-6-8-14/h5,7-8,12-13,15-16H,4,6,9-11H2,1-3H3,(H,18,19)/t13-,15+,16-/m1/s1. The summed E-state index contributed by atoms with van der Waals surface area (Å²) in [6.07, 6.45) is 11.3. The van der Waals surface area contributed by atoms with Gasteiger partial charge in [-0.2, -0.15) is 0 Å². The molecule has 3 atom stereocenters. The lowest BCUT2D eigenvalue weighted by atomic mass is 9.75. The predicted molar refractivity (Wildman–Crippen MR) is 81.2 cm³/mol. The molecular formula is C17H27NO2. The third kappa shape index (κ3) is 4.12. The second kappa shape index (κ2) is 6.96. The van der Waals surface area contributed by atoms with Gasteiger partial charge in [0.15, 0.2) is 0 Å². The summed E-state index contributed by atoms with van der Waals surface area (Å²) >= 11 is 0. The van der Waals surface area contributed by atoms with Gasteiger partial charge in [-0.05, 0) is 49.5 Å². The maximum absolute atomic E-state index is 12.0. The smallest absolute Gasteiger partial charge is 0.411 e. The molecule has 2 aliphatic carbocycles. The molecule has 0 heterocycles. The third-order valence-corrected chi connectivity index (χ3v) is 4.46. The van der Waals surface area contributed by atoms with E-state index in [0.717, 1.165) is 25.0 Å². The number of hydrogen-bond acceptors (Lipinski definition) is 2. The molecule has 0 aliphatic heterocycles. The average Bonchev–Trinajstić information content (AvgIpc) is 2.39. The van der Waals surface area contributed by atoms with Crippen LogP contribution in [-0.2, 0) is 4.74 Å². The molecule has 0 radical (unpaired) electrons. The summed E-state index contributed by atoms with van der Waals surface area (Å²) < 4.78 is 5.71. The van der Waals surface area contributed by atoms with Crippen molar-refractivity contribution in [3.63, 3.8) is 0 Å². The van der Waals surface area contributed by atoms with E-state index in [1.54, 1.807) is 0 Å². The average molecular weight is 277 g/mol.